The summed E-state index contributed by atoms with van der Waals surface area (Å²) in [4.78, 5) is 24.2. The van der Waals surface area contributed by atoms with Gasteiger partial charge in [0.1, 0.15) is 17.2 Å². The van der Waals surface area contributed by atoms with Gasteiger partial charge in [0.05, 0.1) is 46.7 Å². The molecule has 0 saturated carbocycles. The monoisotopic (exact) mass is 502 g/mol. The number of methoxy groups -OCH3 is 5. The van der Waals surface area contributed by atoms with Gasteiger partial charge >= 0.3 is 0 Å². The van der Waals surface area contributed by atoms with E-state index in [1.54, 1.807) is 21.3 Å². The van der Waals surface area contributed by atoms with Crippen LogP contribution in [0, 0.1) is 20.8 Å². The third kappa shape index (κ3) is 3.82. The molecule has 4 aromatic rings. The first-order valence-corrected chi connectivity index (χ1v) is 11.7. The standard InChI is InChI=1S/C30H30O7/c1-15-9-18-20(11-17(3)27(34-5)22(18)13-31)29(36-7)25(15)26-16(2)10-19-21(30(26)37-8)12-24(33-4)28(35-6)23(19)14-32/h9-14H,1-8H3. The summed E-state index contributed by atoms with van der Waals surface area (Å²) >= 11 is 0. The summed E-state index contributed by atoms with van der Waals surface area (Å²) in [5, 5.41) is 2.91. The Bertz CT molecular complexity index is 1570. The highest BCUT2D eigenvalue weighted by molar-refractivity contribution is 6.11. The quantitative estimate of drug-likeness (QED) is 0.263. The summed E-state index contributed by atoms with van der Waals surface area (Å²) in [7, 11) is 7.79. The fraction of sp³-hybridized carbons (Fsp3) is 0.267. The van der Waals surface area contributed by atoms with Crippen LogP contribution in [-0.4, -0.2) is 48.1 Å². The van der Waals surface area contributed by atoms with Gasteiger partial charge in [0.2, 0.25) is 0 Å². The SMILES string of the molecule is COc1cc2c(OC)c(-c3c(C)cc4c(C=O)c(OC)c(C)cc4c3OC)c(C)cc2c(C=O)c1OC. The van der Waals surface area contributed by atoms with Crippen molar-refractivity contribution in [3.63, 3.8) is 0 Å². The fourth-order valence-corrected chi connectivity index (χ4v) is 5.32. The zero-order valence-corrected chi connectivity index (χ0v) is 22.3. The average Bonchev–Trinajstić information content (AvgIpc) is 2.90. The molecule has 0 atom stereocenters. The van der Waals surface area contributed by atoms with Gasteiger partial charge in [0, 0.05) is 27.3 Å². The first-order valence-electron chi connectivity index (χ1n) is 11.7. The van der Waals surface area contributed by atoms with E-state index in [2.05, 4.69) is 0 Å². The van der Waals surface area contributed by atoms with Crippen LogP contribution in [0.3, 0.4) is 0 Å². The van der Waals surface area contributed by atoms with E-state index in [1.807, 2.05) is 45.0 Å². The molecule has 0 heterocycles. The summed E-state index contributed by atoms with van der Waals surface area (Å²) in [6, 6.07) is 7.68. The zero-order valence-electron chi connectivity index (χ0n) is 22.3. The summed E-state index contributed by atoms with van der Waals surface area (Å²) in [6.45, 7) is 5.82. The normalized spacial score (nSPS) is 10.9. The molecule has 0 aliphatic carbocycles. The van der Waals surface area contributed by atoms with Crippen LogP contribution in [-0.2, 0) is 0 Å². The number of carbonyl (C=O) groups is 2. The maximum absolute atomic E-state index is 12.1. The van der Waals surface area contributed by atoms with Gasteiger partial charge in [-0.15, -0.1) is 0 Å². The third-order valence-electron chi connectivity index (χ3n) is 6.84. The lowest BCUT2D eigenvalue weighted by atomic mass is 9.87. The minimum atomic E-state index is 0.365. The maximum atomic E-state index is 12.1. The second kappa shape index (κ2) is 10.0. The van der Waals surface area contributed by atoms with Crippen molar-refractivity contribution >= 4 is 34.1 Å². The highest BCUT2D eigenvalue weighted by Gasteiger charge is 2.26. The number of rotatable bonds is 8. The van der Waals surface area contributed by atoms with Crippen LogP contribution in [0.5, 0.6) is 28.7 Å². The van der Waals surface area contributed by atoms with Crippen molar-refractivity contribution in [2.75, 3.05) is 35.5 Å². The minimum Gasteiger partial charge on any atom is -0.496 e. The Morgan fingerprint density at radius 3 is 1.30 bits per heavy atom. The molecule has 0 amide bonds. The lowest BCUT2D eigenvalue weighted by Gasteiger charge is -2.23. The average molecular weight is 503 g/mol. The van der Waals surface area contributed by atoms with Crippen LogP contribution in [0.4, 0.5) is 0 Å². The predicted molar refractivity (Wildman–Crippen MR) is 145 cm³/mol. The van der Waals surface area contributed by atoms with E-state index in [-0.39, 0.29) is 0 Å². The minimum absolute atomic E-state index is 0.365. The third-order valence-corrected chi connectivity index (χ3v) is 6.84. The molecular formula is C30H30O7. The molecule has 0 saturated heterocycles. The number of hydrogen-bond donors (Lipinski definition) is 0. The molecule has 4 aromatic carbocycles. The highest BCUT2D eigenvalue weighted by atomic mass is 16.5. The number of benzene rings is 4. The van der Waals surface area contributed by atoms with Gasteiger partial charge in [-0.25, -0.2) is 0 Å². The molecular weight excluding hydrogens is 472 g/mol. The molecule has 0 N–H and O–H groups in total. The van der Waals surface area contributed by atoms with E-state index in [4.69, 9.17) is 23.7 Å². The molecule has 4 rings (SSSR count). The molecule has 0 aliphatic rings. The number of hydrogen-bond acceptors (Lipinski definition) is 7. The lowest BCUT2D eigenvalue weighted by Crippen LogP contribution is -2.03. The van der Waals surface area contributed by atoms with E-state index in [0.717, 1.165) is 51.2 Å². The van der Waals surface area contributed by atoms with E-state index >= 15 is 0 Å². The van der Waals surface area contributed by atoms with E-state index in [1.165, 1.54) is 14.2 Å². The topological polar surface area (TPSA) is 80.3 Å². The summed E-state index contributed by atoms with van der Waals surface area (Å²) in [5.41, 5.74) is 5.08. The Hall–Kier alpha value is -4.26. The van der Waals surface area contributed by atoms with Crippen LogP contribution in [0.1, 0.15) is 37.4 Å². The van der Waals surface area contributed by atoms with Gasteiger partial charge < -0.3 is 23.7 Å². The lowest BCUT2D eigenvalue weighted by molar-refractivity contribution is 0.111. The van der Waals surface area contributed by atoms with Gasteiger partial charge in [-0.1, -0.05) is 0 Å². The van der Waals surface area contributed by atoms with Crippen molar-refractivity contribution in [2.45, 2.75) is 20.8 Å². The second-order valence-corrected chi connectivity index (χ2v) is 8.80. The molecule has 0 spiro atoms. The molecule has 0 unspecified atom stereocenters. The van der Waals surface area contributed by atoms with E-state index in [9.17, 15) is 9.59 Å². The van der Waals surface area contributed by atoms with Crippen molar-refractivity contribution in [3.05, 3.63) is 52.1 Å². The molecule has 192 valence electrons. The highest BCUT2D eigenvalue weighted by Crippen LogP contribution is 2.50. The Morgan fingerprint density at radius 1 is 0.486 bits per heavy atom. The maximum Gasteiger partial charge on any atom is 0.171 e. The molecule has 0 radical (unpaired) electrons. The van der Waals surface area contributed by atoms with Crippen molar-refractivity contribution in [1.29, 1.82) is 0 Å². The molecule has 7 nitrogen and oxygen atoms in total. The van der Waals surface area contributed by atoms with E-state index in [0.29, 0.717) is 50.6 Å². The van der Waals surface area contributed by atoms with E-state index < -0.39 is 0 Å². The second-order valence-electron chi connectivity index (χ2n) is 8.80. The summed E-state index contributed by atoms with van der Waals surface area (Å²) in [6.07, 6.45) is 1.58. The van der Waals surface area contributed by atoms with Crippen molar-refractivity contribution in [1.82, 2.24) is 0 Å². The molecule has 0 aliphatic heterocycles. The first-order chi connectivity index (χ1) is 17.8. The number of fused-ring (bicyclic) bond motifs is 2. The Labute approximate surface area is 215 Å². The smallest absolute Gasteiger partial charge is 0.171 e. The van der Waals surface area contributed by atoms with Crippen molar-refractivity contribution < 1.29 is 33.3 Å². The van der Waals surface area contributed by atoms with Gasteiger partial charge in [0.15, 0.2) is 24.1 Å². The Balaban J connectivity index is 2.21. The van der Waals surface area contributed by atoms with Crippen molar-refractivity contribution in [3.8, 4) is 39.9 Å². The predicted octanol–water partition coefficient (Wildman–Crippen LogP) is 6.25. The largest absolute Gasteiger partial charge is 0.496 e. The number of aryl methyl sites for hydroxylation is 3. The number of ether oxygens (including phenoxy) is 5. The summed E-state index contributed by atoms with van der Waals surface area (Å²) < 4.78 is 28.6. The van der Waals surface area contributed by atoms with Gasteiger partial charge in [-0.2, -0.15) is 0 Å². The first kappa shape index (κ1) is 25.8. The van der Waals surface area contributed by atoms with Gasteiger partial charge in [0.25, 0.3) is 0 Å². The number of carbonyl (C=O) groups excluding carboxylic acids is 2. The fourth-order valence-electron chi connectivity index (χ4n) is 5.32. The Morgan fingerprint density at radius 2 is 0.892 bits per heavy atom. The van der Waals surface area contributed by atoms with Crippen LogP contribution in [0.2, 0.25) is 0 Å². The number of aldehydes is 2. The van der Waals surface area contributed by atoms with Gasteiger partial charge in [-0.05, 0) is 67.1 Å². The van der Waals surface area contributed by atoms with Crippen LogP contribution in [0.25, 0.3) is 32.7 Å². The Kier molecular flexibility index (Phi) is 6.99. The molecule has 0 bridgehead atoms. The molecule has 37 heavy (non-hydrogen) atoms. The zero-order chi connectivity index (χ0) is 27.0. The van der Waals surface area contributed by atoms with Crippen LogP contribution >= 0.6 is 0 Å². The molecule has 0 aromatic heterocycles. The molecule has 0 fully saturated rings. The van der Waals surface area contributed by atoms with Gasteiger partial charge in [-0.3, -0.25) is 9.59 Å². The summed E-state index contributed by atoms with van der Waals surface area (Å²) in [5.74, 6) is 2.51. The molecule has 7 heteroatoms. The van der Waals surface area contributed by atoms with Crippen LogP contribution < -0.4 is 23.7 Å². The van der Waals surface area contributed by atoms with Crippen molar-refractivity contribution in [2.24, 2.45) is 0 Å². The van der Waals surface area contributed by atoms with Crippen LogP contribution in [0.15, 0.2) is 24.3 Å².